The number of hydrogen-bond donors (Lipinski definition) is 1. The van der Waals surface area contributed by atoms with Gasteiger partial charge in [-0.25, -0.2) is 0 Å². The Morgan fingerprint density at radius 3 is 2.21 bits per heavy atom. The number of aliphatic hydroxyl groups excluding tert-OH is 1. The average Bonchev–Trinajstić information content (AvgIpc) is 3.41. The number of hydrogen-bond acceptors (Lipinski definition) is 4. The lowest BCUT2D eigenvalue weighted by molar-refractivity contribution is -0.115. The summed E-state index contributed by atoms with van der Waals surface area (Å²) >= 11 is 6.11. The van der Waals surface area contributed by atoms with Crippen LogP contribution in [0.15, 0.2) is 106 Å². The van der Waals surface area contributed by atoms with E-state index in [1.54, 1.807) is 19.1 Å². The molecule has 1 N–H and O–H groups in total. The summed E-state index contributed by atoms with van der Waals surface area (Å²) in [5.41, 5.74) is 9.02. The molecule has 0 amide bonds. The molecule has 0 aliphatic heterocycles. The number of halogens is 1. The fourth-order valence-corrected chi connectivity index (χ4v) is 5.33. The van der Waals surface area contributed by atoms with Gasteiger partial charge in [0, 0.05) is 39.0 Å². The van der Waals surface area contributed by atoms with Crippen molar-refractivity contribution in [1.29, 1.82) is 0 Å². The van der Waals surface area contributed by atoms with Crippen molar-refractivity contribution in [3.05, 3.63) is 128 Å². The molecule has 2 rings (SSSR count). The smallest absolute Gasteiger partial charge is 0.224 e. The minimum absolute atomic E-state index is 0.0297. The summed E-state index contributed by atoms with van der Waals surface area (Å²) in [6.45, 7) is 30.2. The van der Waals surface area contributed by atoms with Crippen LogP contribution in [0.4, 0.5) is 0 Å². The lowest BCUT2D eigenvalue weighted by Gasteiger charge is -2.28. The van der Waals surface area contributed by atoms with Crippen molar-refractivity contribution in [2.75, 3.05) is 6.61 Å². The molecule has 0 saturated carbocycles. The summed E-state index contributed by atoms with van der Waals surface area (Å²) in [5, 5.41) is 10.6. The molecule has 0 spiro atoms. The highest BCUT2D eigenvalue weighted by Crippen LogP contribution is 2.37. The molecule has 2 aromatic rings. The average molecular weight is 669 g/mol. The van der Waals surface area contributed by atoms with Crippen molar-refractivity contribution in [2.24, 2.45) is 10.8 Å². The van der Waals surface area contributed by atoms with E-state index in [0.717, 1.165) is 40.7 Å². The second-order valence-corrected chi connectivity index (χ2v) is 14.4. The summed E-state index contributed by atoms with van der Waals surface area (Å²) in [6.07, 6.45) is 10.4. The largest absolute Gasteiger partial charge is 0.452 e. The molecule has 0 aliphatic rings. The lowest BCUT2D eigenvalue weighted by atomic mass is 9.75. The molecule has 1 heterocycles. The summed E-state index contributed by atoms with van der Waals surface area (Å²) in [6, 6.07) is 9.40. The van der Waals surface area contributed by atoms with Crippen molar-refractivity contribution in [1.82, 2.24) is 0 Å². The third-order valence-electron chi connectivity index (χ3n) is 8.46. The number of carbonyl (C=O) groups excluding carboxylic acids is 2. The van der Waals surface area contributed by atoms with E-state index < -0.39 is 5.41 Å². The van der Waals surface area contributed by atoms with Gasteiger partial charge in [0.15, 0.2) is 11.5 Å². The van der Waals surface area contributed by atoms with Gasteiger partial charge in [-0.3, -0.25) is 9.59 Å². The maximum atomic E-state index is 14.0. The van der Waals surface area contributed by atoms with Gasteiger partial charge in [-0.1, -0.05) is 116 Å². The Morgan fingerprint density at radius 2 is 1.67 bits per heavy atom. The number of unbranched alkanes of at least 4 members (excludes halogenated alkanes) is 1. The van der Waals surface area contributed by atoms with Crippen LogP contribution in [0.5, 0.6) is 0 Å². The van der Waals surface area contributed by atoms with Gasteiger partial charge in [0.1, 0.15) is 5.42 Å². The lowest BCUT2D eigenvalue weighted by Crippen LogP contribution is -2.26. The van der Waals surface area contributed by atoms with Crippen LogP contribution < -0.4 is 10.6 Å². The zero-order valence-corrected chi connectivity index (χ0v) is 31.2. The minimum Gasteiger partial charge on any atom is -0.452 e. The van der Waals surface area contributed by atoms with Crippen molar-refractivity contribution in [3.63, 3.8) is 0 Å². The standard InChI is InChI=1S/C43H53ClO4/c1-13-15-16-34(29(4)17-22-36(28(3)14-2)38(46)23-24-45)27-43(11,12)32(7)40(47)39-26-31(6)41(48-39)37(42(8,9)10)25-30(5)33-18-20-35(44)21-19-33/h16-22,25-26,45H,2,6-7,13,15,23-24,27H2,1,3-5,8-12H3/b29-17+,30-25+,34-16?,36-22+,41-37-. The molecule has 48 heavy (non-hydrogen) atoms. The van der Waals surface area contributed by atoms with Crippen molar-refractivity contribution >= 4 is 40.9 Å². The second-order valence-electron chi connectivity index (χ2n) is 14.0. The van der Waals surface area contributed by atoms with Gasteiger partial charge in [-0.2, -0.15) is 0 Å². The van der Waals surface area contributed by atoms with E-state index in [1.165, 1.54) is 0 Å². The Kier molecular flexibility index (Phi) is 14.6. The molecule has 5 heteroatoms. The van der Waals surface area contributed by atoms with E-state index in [0.29, 0.717) is 38.8 Å². The summed E-state index contributed by atoms with van der Waals surface area (Å²) < 4.78 is 6.32. The van der Waals surface area contributed by atoms with Crippen LogP contribution in [0.3, 0.4) is 0 Å². The van der Waals surface area contributed by atoms with Crippen molar-refractivity contribution in [3.8, 4) is 0 Å². The van der Waals surface area contributed by atoms with Gasteiger partial charge in [-0.05, 0) is 84.9 Å². The minimum atomic E-state index is -0.613. The highest BCUT2D eigenvalue weighted by molar-refractivity contribution is 6.30. The number of furan rings is 1. The zero-order chi connectivity index (χ0) is 36.4. The fraction of sp³-hybridized carbons (Fsp3) is 0.372. The molecule has 256 valence electrons. The van der Waals surface area contributed by atoms with Crippen LogP contribution in [0.1, 0.15) is 104 Å². The number of Topliss-reactive ketones (excluding diaryl/α,β-unsaturated/α-hetero) is 2. The number of aliphatic hydroxyl groups is 1. The van der Waals surface area contributed by atoms with Crippen LogP contribution in [-0.2, 0) is 4.79 Å². The van der Waals surface area contributed by atoms with Crippen molar-refractivity contribution in [2.45, 2.75) is 88.0 Å². The van der Waals surface area contributed by atoms with Gasteiger partial charge in [0.25, 0.3) is 0 Å². The molecule has 0 saturated heterocycles. The summed E-state index contributed by atoms with van der Waals surface area (Å²) in [4.78, 5) is 26.6. The first-order valence-corrected chi connectivity index (χ1v) is 16.9. The first-order chi connectivity index (χ1) is 22.4. The molecule has 0 atom stereocenters. The topological polar surface area (TPSA) is 67.5 Å². The highest BCUT2D eigenvalue weighted by atomic mass is 35.5. The van der Waals surface area contributed by atoms with Gasteiger partial charge in [0.2, 0.25) is 5.78 Å². The predicted octanol–water partition coefficient (Wildman–Crippen LogP) is 10.1. The third-order valence-corrected chi connectivity index (χ3v) is 8.72. The van der Waals surface area contributed by atoms with E-state index in [2.05, 4.69) is 65.3 Å². The summed E-state index contributed by atoms with van der Waals surface area (Å²) in [5.74, 6) is -0.220. The Balaban J connectivity index is 2.54. The maximum absolute atomic E-state index is 14.0. The second kappa shape index (κ2) is 17.4. The zero-order valence-electron chi connectivity index (χ0n) is 30.4. The molecular weight excluding hydrogens is 616 g/mol. The van der Waals surface area contributed by atoms with Crippen LogP contribution in [0.2, 0.25) is 5.02 Å². The fourth-order valence-electron chi connectivity index (χ4n) is 5.21. The Morgan fingerprint density at radius 1 is 1.04 bits per heavy atom. The SMILES string of the molecule is C=C=C(C)/C(=C\C=C(/C)C(=CCCC)CC(C)(C)C(=C)C(=O)c1cc(=C)/c(=C(\C=C(/C)c2ccc(Cl)cc2)C(C)(C)C)o1)C(=O)CCO. The molecule has 0 radical (unpaired) electrons. The third kappa shape index (κ3) is 10.8. The molecule has 0 aliphatic carbocycles. The molecular formula is C43H53ClO4. The number of carbonyl (C=O) groups is 2. The van der Waals surface area contributed by atoms with E-state index >= 15 is 0 Å². The molecule has 0 unspecified atom stereocenters. The Labute approximate surface area is 293 Å². The summed E-state index contributed by atoms with van der Waals surface area (Å²) in [7, 11) is 0. The van der Waals surface area contributed by atoms with Crippen LogP contribution in [0.25, 0.3) is 17.7 Å². The maximum Gasteiger partial charge on any atom is 0.224 e. The van der Waals surface area contributed by atoms with E-state index in [4.69, 9.17) is 16.0 Å². The van der Waals surface area contributed by atoms with Crippen LogP contribution in [0, 0.1) is 10.8 Å². The number of rotatable bonds is 15. The van der Waals surface area contributed by atoms with E-state index in [9.17, 15) is 14.7 Å². The molecule has 0 bridgehead atoms. The van der Waals surface area contributed by atoms with Crippen molar-refractivity contribution < 1.29 is 19.1 Å². The number of benzene rings is 1. The van der Waals surface area contributed by atoms with E-state index in [1.807, 2.05) is 58.0 Å². The quantitative estimate of drug-likeness (QED) is 0.0888. The molecule has 1 aromatic carbocycles. The highest BCUT2D eigenvalue weighted by Gasteiger charge is 2.31. The first-order valence-electron chi connectivity index (χ1n) is 16.5. The number of allylic oxidation sites excluding steroid dienone is 10. The van der Waals surface area contributed by atoms with E-state index in [-0.39, 0.29) is 35.8 Å². The molecule has 0 fully saturated rings. The first kappa shape index (κ1) is 40.2. The van der Waals surface area contributed by atoms with Crippen LogP contribution >= 0.6 is 11.6 Å². The van der Waals surface area contributed by atoms with Gasteiger partial charge >= 0.3 is 0 Å². The predicted molar refractivity (Wildman–Crippen MR) is 203 cm³/mol. The monoisotopic (exact) mass is 668 g/mol. The van der Waals surface area contributed by atoms with Gasteiger partial charge < -0.3 is 9.52 Å². The Hall–Kier alpha value is -3.95. The normalized spacial score (nSPS) is 14.1. The number of ketones is 2. The van der Waals surface area contributed by atoms with Gasteiger partial charge in [-0.15, -0.1) is 5.73 Å². The molecule has 1 aromatic heterocycles. The van der Waals surface area contributed by atoms with Gasteiger partial charge in [0.05, 0.1) is 6.61 Å². The molecule has 4 nitrogen and oxygen atoms in total. The van der Waals surface area contributed by atoms with Crippen LogP contribution in [-0.4, -0.2) is 23.3 Å². The Bertz CT molecular complexity index is 1810.